The molecule has 0 bridgehead atoms. The Morgan fingerprint density at radius 3 is 2.44 bits per heavy atom. The van der Waals surface area contributed by atoms with Crippen molar-refractivity contribution in [1.29, 1.82) is 0 Å². The van der Waals surface area contributed by atoms with E-state index in [-0.39, 0.29) is 18.0 Å². The van der Waals surface area contributed by atoms with E-state index in [9.17, 15) is 9.59 Å². The van der Waals surface area contributed by atoms with Gasteiger partial charge in [-0.3, -0.25) is 4.79 Å². The van der Waals surface area contributed by atoms with Crippen molar-refractivity contribution in [2.45, 2.75) is 45.1 Å². The molecule has 5 nitrogen and oxygen atoms in total. The lowest BCUT2D eigenvalue weighted by molar-refractivity contribution is -0.137. The number of aliphatic carboxylic acids is 1. The molecule has 0 radical (unpaired) electrons. The van der Waals surface area contributed by atoms with Gasteiger partial charge < -0.3 is 15.7 Å². The number of urea groups is 1. The highest BCUT2D eigenvalue weighted by atomic mass is 16.4. The van der Waals surface area contributed by atoms with Crippen molar-refractivity contribution in [3.8, 4) is 0 Å². The predicted molar refractivity (Wildman–Crippen MR) is 60.2 cm³/mol. The Morgan fingerprint density at radius 2 is 2.00 bits per heavy atom. The van der Waals surface area contributed by atoms with Crippen molar-refractivity contribution in [3.05, 3.63) is 0 Å². The Morgan fingerprint density at radius 1 is 1.38 bits per heavy atom. The Balaban J connectivity index is 2.14. The highest BCUT2D eigenvalue weighted by molar-refractivity contribution is 5.75. The molecule has 0 aliphatic heterocycles. The smallest absolute Gasteiger partial charge is 0.315 e. The first-order valence-corrected chi connectivity index (χ1v) is 5.74. The van der Waals surface area contributed by atoms with Crippen molar-refractivity contribution in [2.75, 3.05) is 6.54 Å². The molecule has 0 atom stereocenters. The summed E-state index contributed by atoms with van der Waals surface area (Å²) in [5, 5.41) is 14.1. The van der Waals surface area contributed by atoms with Gasteiger partial charge in [-0.2, -0.15) is 0 Å². The lowest BCUT2D eigenvalue weighted by atomic mass is 10.0. The molecule has 0 aromatic rings. The molecule has 92 valence electrons. The van der Waals surface area contributed by atoms with Crippen LogP contribution in [0.5, 0.6) is 0 Å². The van der Waals surface area contributed by atoms with E-state index in [0.717, 1.165) is 12.8 Å². The van der Waals surface area contributed by atoms with Gasteiger partial charge in [0, 0.05) is 18.5 Å². The van der Waals surface area contributed by atoms with E-state index in [4.69, 9.17) is 5.11 Å². The molecule has 1 saturated carbocycles. The van der Waals surface area contributed by atoms with Crippen LogP contribution in [0, 0.1) is 5.92 Å². The fraction of sp³-hybridized carbons (Fsp3) is 0.818. The number of rotatable bonds is 6. The van der Waals surface area contributed by atoms with Crippen molar-refractivity contribution < 1.29 is 14.7 Å². The molecule has 5 heteroatoms. The molecule has 0 unspecified atom stereocenters. The normalized spacial score (nSPS) is 16.9. The van der Waals surface area contributed by atoms with E-state index < -0.39 is 5.97 Å². The number of carboxylic acid groups (broad SMARTS) is 1. The zero-order valence-electron chi connectivity index (χ0n) is 9.88. The fourth-order valence-corrected chi connectivity index (χ4v) is 1.69. The largest absolute Gasteiger partial charge is 0.481 e. The molecule has 0 heterocycles. The molecule has 1 rings (SSSR count). The maximum atomic E-state index is 11.5. The summed E-state index contributed by atoms with van der Waals surface area (Å²) in [6, 6.07) is -0.184. The highest BCUT2D eigenvalue weighted by Crippen LogP contribution is 2.41. The number of amides is 2. The van der Waals surface area contributed by atoms with Gasteiger partial charge in [-0.05, 0) is 25.2 Å². The molecule has 2 amide bonds. The molecule has 0 spiro atoms. The van der Waals surface area contributed by atoms with Crippen molar-refractivity contribution >= 4 is 12.0 Å². The summed E-state index contributed by atoms with van der Waals surface area (Å²) in [7, 11) is 0. The van der Waals surface area contributed by atoms with Crippen LogP contribution in [0.1, 0.15) is 39.5 Å². The lowest BCUT2D eigenvalue weighted by Crippen LogP contribution is -2.46. The van der Waals surface area contributed by atoms with Crippen LogP contribution >= 0.6 is 0 Å². The van der Waals surface area contributed by atoms with E-state index in [1.807, 2.05) is 0 Å². The molecule has 0 aromatic carbocycles. The number of hydrogen-bond donors (Lipinski definition) is 3. The Bertz CT molecular complexity index is 272. The number of carbonyl (C=O) groups excluding carboxylic acids is 1. The Kier molecular flexibility index (Phi) is 4.15. The molecule has 0 saturated heterocycles. The summed E-state index contributed by atoms with van der Waals surface area (Å²) in [6.45, 7) is 4.60. The zero-order chi connectivity index (χ0) is 12.2. The minimum atomic E-state index is -0.831. The fourth-order valence-electron chi connectivity index (χ4n) is 1.69. The van der Waals surface area contributed by atoms with E-state index >= 15 is 0 Å². The highest BCUT2D eigenvalue weighted by Gasteiger charge is 2.46. The van der Waals surface area contributed by atoms with Crippen LogP contribution in [0.25, 0.3) is 0 Å². The van der Waals surface area contributed by atoms with Gasteiger partial charge >= 0.3 is 12.0 Å². The maximum Gasteiger partial charge on any atom is 0.315 e. The minimum Gasteiger partial charge on any atom is -0.481 e. The third-order valence-corrected chi connectivity index (χ3v) is 3.11. The third-order valence-electron chi connectivity index (χ3n) is 3.11. The zero-order valence-corrected chi connectivity index (χ0v) is 9.88. The summed E-state index contributed by atoms with van der Waals surface area (Å²) in [6.07, 6.45) is 2.63. The number of carbonyl (C=O) groups is 2. The Labute approximate surface area is 95.6 Å². The second-order valence-electron chi connectivity index (χ2n) is 4.69. The predicted octanol–water partition coefficient (Wildman–Crippen LogP) is 1.34. The van der Waals surface area contributed by atoms with E-state index in [1.54, 1.807) is 0 Å². The molecule has 16 heavy (non-hydrogen) atoms. The van der Waals surface area contributed by atoms with Gasteiger partial charge in [0.2, 0.25) is 0 Å². The first-order chi connectivity index (χ1) is 7.46. The van der Waals surface area contributed by atoms with Gasteiger partial charge in [0.15, 0.2) is 0 Å². The standard InChI is InChI=1S/C11H20N2O3/c1-8(2)11(5-6-11)13-10(16)12-7-3-4-9(14)15/h8H,3-7H2,1-2H3,(H,14,15)(H2,12,13,16). The third kappa shape index (κ3) is 3.72. The molecule has 1 fully saturated rings. The number of hydrogen-bond acceptors (Lipinski definition) is 2. The van der Waals surface area contributed by atoms with Gasteiger partial charge in [-0.25, -0.2) is 4.79 Å². The van der Waals surface area contributed by atoms with E-state index in [2.05, 4.69) is 24.5 Å². The average molecular weight is 228 g/mol. The van der Waals surface area contributed by atoms with Crippen LogP contribution in [0.4, 0.5) is 4.79 Å². The number of carboxylic acids is 1. The summed E-state index contributed by atoms with van der Waals surface area (Å²) < 4.78 is 0. The van der Waals surface area contributed by atoms with Crippen molar-refractivity contribution in [1.82, 2.24) is 10.6 Å². The molecule has 0 aromatic heterocycles. The van der Waals surface area contributed by atoms with Gasteiger partial charge in [0.1, 0.15) is 0 Å². The first-order valence-electron chi connectivity index (χ1n) is 5.74. The van der Waals surface area contributed by atoms with Gasteiger partial charge in [-0.1, -0.05) is 13.8 Å². The maximum absolute atomic E-state index is 11.5. The SMILES string of the molecule is CC(C)C1(NC(=O)NCCCC(=O)O)CC1. The van der Waals surface area contributed by atoms with Crippen LogP contribution in [-0.2, 0) is 4.79 Å². The first kappa shape index (κ1) is 12.8. The summed E-state index contributed by atoms with van der Waals surface area (Å²) in [5.74, 6) is -0.389. The average Bonchev–Trinajstić information content (AvgIpc) is 2.93. The Hall–Kier alpha value is -1.26. The lowest BCUT2D eigenvalue weighted by Gasteiger charge is -2.21. The summed E-state index contributed by atoms with van der Waals surface area (Å²) >= 11 is 0. The van der Waals surface area contributed by atoms with Gasteiger partial charge in [0.25, 0.3) is 0 Å². The molecule has 1 aliphatic rings. The van der Waals surface area contributed by atoms with Crippen LogP contribution < -0.4 is 10.6 Å². The van der Waals surface area contributed by atoms with E-state index in [0.29, 0.717) is 18.9 Å². The second kappa shape index (κ2) is 5.18. The number of nitrogens with one attached hydrogen (secondary N) is 2. The quantitative estimate of drug-likeness (QED) is 0.600. The van der Waals surface area contributed by atoms with Crippen molar-refractivity contribution in [2.24, 2.45) is 5.92 Å². The van der Waals surface area contributed by atoms with Gasteiger partial charge in [0.05, 0.1) is 0 Å². The summed E-state index contributed by atoms with van der Waals surface area (Å²) in [4.78, 5) is 21.7. The molecular formula is C11H20N2O3. The van der Waals surface area contributed by atoms with E-state index in [1.165, 1.54) is 0 Å². The van der Waals surface area contributed by atoms with Crippen LogP contribution in [0.15, 0.2) is 0 Å². The van der Waals surface area contributed by atoms with Gasteiger partial charge in [-0.15, -0.1) is 0 Å². The molecule has 1 aliphatic carbocycles. The summed E-state index contributed by atoms with van der Waals surface area (Å²) in [5.41, 5.74) is -0.0170. The van der Waals surface area contributed by atoms with Crippen molar-refractivity contribution in [3.63, 3.8) is 0 Å². The van der Waals surface area contributed by atoms with Crippen LogP contribution in [0.3, 0.4) is 0 Å². The second-order valence-corrected chi connectivity index (χ2v) is 4.69. The molecular weight excluding hydrogens is 208 g/mol. The monoisotopic (exact) mass is 228 g/mol. The molecule has 3 N–H and O–H groups in total. The van der Waals surface area contributed by atoms with Crippen LogP contribution in [0.2, 0.25) is 0 Å². The topological polar surface area (TPSA) is 78.4 Å². The van der Waals surface area contributed by atoms with Crippen LogP contribution in [-0.4, -0.2) is 29.2 Å². The minimum absolute atomic E-state index is 0.0170.